The zero-order valence-corrected chi connectivity index (χ0v) is 14.4. The number of aliphatic hydroxyl groups is 1. The van der Waals surface area contributed by atoms with Gasteiger partial charge in [0, 0.05) is 12.3 Å². The molecule has 0 saturated heterocycles. The average molecular weight is 348 g/mol. The second-order valence-corrected chi connectivity index (χ2v) is 5.93. The summed E-state index contributed by atoms with van der Waals surface area (Å²) in [5.74, 6) is -1.24. The molecule has 4 N–H and O–H groups in total. The third-order valence-electron chi connectivity index (χ3n) is 2.56. The van der Waals surface area contributed by atoms with Gasteiger partial charge in [0.15, 0.2) is 0 Å². The van der Waals surface area contributed by atoms with E-state index in [0.717, 1.165) is 23.2 Å². The van der Waals surface area contributed by atoms with Gasteiger partial charge in [0.2, 0.25) is 0 Å². The highest BCUT2D eigenvalue weighted by Gasteiger charge is 2.15. The Morgan fingerprint density at radius 2 is 1.87 bits per heavy atom. The van der Waals surface area contributed by atoms with E-state index in [2.05, 4.69) is 4.18 Å². The van der Waals surface area contributed by atoms with Crippen LogP contribution in [0.25, 0.3) is 0 Å². The fraction of sp³-hybridized carbons (Fsp3) is 0.500. The molecule has 0 atom stereocenters. The fourth-order valence-electron chi connectivity index (χ4n) is 1.34. The number of nitrogens with one attached hydrogen (secondary N) is 1. The molecule has 0 aliphatic carbocycles. The molecule has 0 amide bonds. The van der Waals surface area contributed by atoms with Gasteiger partial charge in [-0.3, -0.25) is 0 Å². The molecule has 9 heteroatoms. The van der Waals surface area contributed by atoms with Crippen LogP contribution in [0.1, 0.15) is 24.5 Å². The predicted octanol–water partition coefficient (Wildman–Crippen LogP) is 0.626. The molecule has 0 unspecified atom stereocenters. The summed E-state index contributed by atoms with van der Waals surface area (Å²) >= 11 is 0. The van der Waals surface area contributed by atoms with Gasteiger partial charge in [0.1, 0.15) is 13.3 Å². The monoisotopic (exact) mass is 348 g/mol. The number of anilines is 1. The van der Waals surface area contributed by atoms with Crippen molar-refractivity contribution in [2.45, 2.75) is 27.2 Å². The Balaban J connectivity index is 0.000000459. The van der Waals surface area contributed by atoms with Crippen LogP contribution in [0.5, 0.6) is 0 Å². The topological polar surface area (TPSA) is 128 Å². The first-order chi connectivity index (χ1) is 10.7. The van der Waals surface area contributed by atoms with Gasteiger partial charge in [0.05, 0.1) is 0 Å². The summed E-state index contributed by atoms with van der Waals surface area (Å²) in [5, 5.41) is 8.21. The quantitative estimate of drug-likeness (QED) is 0.374. The first kappa shape index (κ1) is 21.3. The number of nitrogens with two attached hydrogens (primary N) is 1. The SMILES string of the molecule is CCCOCNS(=O)(=O)OC(=O)CO.Cc1cccc(C)c1N. The molecule has 132 valence electrons. The van der Waals surface area contributed by atoms with Crippen molar-refractivity contribution in [1.82, 2.24) is 4.72 Å². The van der Waals surface area contributed by atoms with Gasteiger partial charge in [-0.2, -0.15) is 13.1 Å². The molecule has 8 nitrogen and oxygen atoms in total. The van der Waals surface area contributed by atoms with Crippen molar-refractivity contribution in [3.05, 3.63) is 29.3 Å². The number of aryl methyl sites for hydroxylation is 2. The van der Waals surface area contributed by atoms with Crippen LogP contribution in [0.15, 0.2) is 18.2 Å². The molecule has 0 aliphatic heterocycles. The largest absolute Gasteiger partial charge is 0.398 e. The molecule has 0 heterocycles. The maximum Gasteiger partial charge on any atom is 0.387 e. The first-order valence-electron chi connectivity index (χ1n) is 6.95. The van der Waals surface area contributed by atoms with Crippen molar-refractivity contribution in [1.29, 1.82) is 0 Å². The molecule has 0 aromatic heterocycles. The molecule has 0 aliphatic rings. The van der Waals surface area contributed by atoms with E-state index >= 15 is 0 Å². The van der Waals surface area contributed by atoms with Crippen molar-refractivity contribution in [2.24, 2.45) is 0 Å². The highest BCUT2D eigenvalue weighted by Crippen LogP contribution is 2.13. The zero-order valence-electron chi connectivity index (χ0n) is 13.5. The van der Waals surface area contributed by atoms with Crippen molar-refractivity contribution < 1.29 is 27.2 Å². The van der Waals surface area contributed by atoms with Gasteiger partial charge in [-0.25, -0.2) is 4.79 Å². The third kappa shape index (κ3) is 9.84. The maximum absolute atomic E-state index is 10.8. The molecule has 1 aromatic carbocycles. The second kappa shape index (κ2) is 10.9. The molecule has 0 fully saturated rings. The Bertz CT molecular complexity index is 569. The minimum absolute atomic E-state index is 0.269. The number of carbonyl (C=O) groups is 1. The van der Waals surface area contributed by atoms with Crippen molar-refractivity contribution in [2.75, 3.05) is 25.7 Å². The number of para-hydroxylation sites is 1. The van der Waals surface area contributed by atoms with Gasteiger partial charge >= 0.3 is 16.3 Å². The minimum Gasteiger partial charge on any atom is -0.398 e. The van der Waals surface area contributed by atoms with E-state index in [1.165, 1.54) is 0 Å². The summed E-state index contributed by atoms with van der Waals surface area (Å²) in [5.41, 5.74) is 8.92. The summed E-state index contributed by atoms with van der Waals surface area (Å²) in [6, 6.07) is 6.05. The maximum atomic E-state index is 10.8. The lowest BCUT2D eigenvalue weighted by atomic mass is 10.1. The predicted molar refractivity (Wildman–Crippen MR) is 86.7 cm³/mol. The smallest absolute Gasteiger partial charge is 0.387 e. The van der Waals surface area contributed by atoms with E-state index in [-0.39, 0.29) is 6.73 Å². The van der Waals surface area contributed by atoms with Gasteiger partial charge in [0.25, 0.3) is 0 Å². The minimum atomic E-state index is -4.16. The average Bonchev–Trinajstić information content (AvgIpc) is 2.49. The van der Waals surface area contributed by atoms with Gasteiger partial charge in [-0.15, -0.1) is 0 Å². The van der Waals surface area contributed by atoms with Crippen molar-refractivity contribution in [3.63, 3.8) is 0 Å². The highest BCUT2D eigenvalue weighted by atomic mass is 32.2. The van der Waals surface area contributed by atoms with Crippen molar-refractivity contribution in [3.8, 4) is 0 Å². The number of benzene rings is 1. The Labute approximate surface area is 136 Å². The number of aliphatic hydroxyl groups excluding tert-OH is 1. The van der Waals surface area contributed by atoms with E-state index < -0.39 is 22.9 Å². The molecular weight excluding hydrogens is 324 g/mol. The molecule has 0 saturated carbocycles. The van der Waals surface area contributed by atoms with E-state index in [0.29, 0.717) is 6.61 Å². The first-order valence-corrected chi connectivity index (χ1v) is 8.36. The number of rotatable bonds is 7. The van der Waals surface area contributed by atoms with Crippen LogP contribution in [0.3, 0.4) is 0 Å². The van der Waals surface area contributed by atoms with E-state index in [4.69, 9.17) is 15.6 Å². The second-order valence-electron chi connectivity index (χ2n) is 4.57. The zero-order chi connectivity index (χ0) is 17.9. The molecule has 0 spiro atoms. The van der Waals surface area contributed by atoms with Crippen LogP contribution in [-0.2, 0) is 24.0 Å². The summed E-state index contributed by atoms with van der Waals surface area (Å²) in [6.45, 7) is 5.03. The van der Waals surface area contributed by atoms with Crippen LogP contribution < -0.4 is 10.5 Å². The van der Waals surface area contributed by atoms with Crippen LogP contribution in [0.4, 0.5) is 5.69 Å². The fourth-order valence-corrected chi connectivity index (χ4v) is 1.92. The lowest BCUT2D eigenvalue weighted by Crippen LogP contribution is -2.31. The van der Waals surface area contributed by atoms with E-state index in [1.54, 1.807) is 0 Å². The standard InChI is InChI=1S/C8H11N.C6H13NO6S/c1-6-4-3-5-7(2)8(6)9;1-2-3-12-5-7-14(10,11)13-6(9)4-8/h3-5H,9H2,1-2H3;7-8H,2-5H2,1H3. The number of hydrogen-bond acceptors (Lipinski definition) is 7. The highest BCUT2D eigenvalue weighted by molar-refractivity contribution is 7.85. The molecular formula is C14H24N2O6S. The van der Waals surface area contributed by atoms with Gasteiger partial charge < -0.3 is 19.8 Å². The molecule has 0 radical (unpaired) electrons. The molecule has 0 bridgehead atoms. The van der Waals surface area contributed by atoms with Crippen LogP contribution in [0.2, 0.25) is 0 Å². The Morgan fingerprint density at radius 3 is 2.30 bits per heavy atom. The summed E-state index contributed by atoms with van der Waals surface area (Å²) in [7, 11) is -4.16. The lowest BCUT2D eigenvalue weighted by Gasteiger charge is -2.05. The summed E-state index contributed by atoms with van der Waals surface area (Å²) < 4.78 is 32.1. The molecule has 1 rings (SSSR count). The third-order valence-corrected chi connectivity index (χ3v) is 3.44. The van der Waals surface area contributed by atoms with Gasteiger partial charge in [-0.05, 0) is 31.4 Å². The number of nitrogen functional groups attached to an aromatic ring is 1. The van der Waals surface area contributed by atoms with Gasteiger partial charge in [-0.1, -0.05) is 25.1 Å². The lowest BCUT2D eigenvalue weighted by molar-refractivity contribution is -0.137. The molecule has 23 heavy (non-hydrogen) atoms. The van der Waals surface area contributed by atoms with Crippen molar-refractivity contribution >= 4 is 22.0 Å². The normalized spacial score (nSPS) is 10.6. The number of carbonyl (C=O) groups excluding carboxylic acids is 1. The van der Waals surface area contributed by atoms with Crippen LogP contribution in [-0.4, -0.2) is 39.4 Å². The Hall–Kier alpha value is -1.68. The van der Waals surface area contributed by atoms with E-state index in [9.17, 15) is 13.2 Å². The van der Waals surface area contributed by atoms with E-state index in [1.807, 2.05) is 43.7 Å². The summed E-state index contributed by atoms with van der Waals surface area (Å²) in [6.07, 6.45) is 0.748. The number of hydrogen-bond donors (Lipinski definition) is 3. The number of ether oxygens (including phenoxy) is 1. The Kier molecular flexibility index (Phi) is 10.1. The van der Waals surface area contributed by atoms with Crippen LogP contribution in [0, 0.1) is 13.8 Å². The summed E-state index contributed by atoms with van der Waals surface area (Å²) in [4.78, 5) is 10.4. The van der Waals surface area contributed by atoms with Crippen LogP contribution >= 0.6 is 0 Å². The Morgan fingerprint density at radius 1 is 1.30 bits per heavy atom. The molecule has 1 aromatic rings.